The van der Waals surface area contributed by atoms with E-state index in [0.29, 0.717) is 11.3 Å². The van der Waals surface area contributed by atoms with Crippen molar-refractivity contribution in [3.8, 4) is 0 Å². The molecular formula is C14H14N2O5S2. The van der Waals surface area contributed by atoms with Crippen LogP contribution in [0.1, 0.15) is 26.3 Å². The number of esters is 1. The van der Waals surface area contributed by atoms with E-state index < -0.39 is 21.9 Å². The highest BCUT2D eigenvalue weighted by atomic mass is 32.2. The second kappa shape index (κ2) is 6.49. The van der Waals surface area contributed by atoms with E-state index in [1.54, 1.807) is 19.1 Å². The molecule has 2 rings (SSSR count). The van der Waals surface area contributed by atoms with Gasteiger partial charge in [-0.1, -0.05) is 6.07 Å². The number of hydrogen-bond acceptors (Lipinski definition) is 6. The first kappa shape index (κ1) is 17.1. The molecule has 0 radical (unpaired) electrons. The fourth-order valence-electron chi connectivity index (χ4n) is 1.78. The average Bonchev–Trinajstić information content (AvgIpc) is 2.98. The standard InChI is InChI=1S/C14H14N2O5S2/c1-8-3-4-9(14(18)21-2)5-11(8)16-13(17)10-6-12(22-7-10)23(15,19)20/h3-7H,1-2H3,(H,16,17)(H2,15,19,20). The highest BCUT2D eigenvalue weighted by Crippen LogP contribution is 2.22. The molecule has 0 atom stereocenters. The predicted octanol–water partition coefficient (Wildman–Crippen LogP) is 1.74. The van der Waals surface area contributed by atoms with Gasteiger partial charge in [-0.2, -0.15) is 0 Å². The number of ether oxygens (including phenoxy) is 1. The molecule has 1 amide bonds. The number of thiophene rings is 1. The molecule has 0 aliphatic heterocycles. The molecule has 0 bridgehead atoms. The Morgan fingerprint density at radius 2 is 1.91 bits per heavy atom. The fourth-order valence-corrected chi connectivity index (χ4v) is 3.37. The first-order chi connectivity index (χ1) is 10.7. The number of sulfonamides is 1. The van der Waals surface area contributed by atoms with Crippen molar-refractivity contribution in [2.24, 2.45) is 5.14 Å². The van der Waals surface area contributed by atoms with E-state index in [0.717, 1.165) is 16.9 Å². The molecule has 3 N–H and O–H groups in total. The van der Waals surface area contributed by atoms with Crippen LogP contribution in [0.5, 0.6) is 0 Å². The third-order valence-electron chi connectivity index (χ3n) is 3.02. The lowest BCUT2D eigenvalue weighted by molar-refractivity contribution is 0.0600. The van der Waals surface area contributed by atoms with Crippen molar-refractivity contribution < 1.29 is 22.7 Å². The molecule has 1 aromatic carbocycles. The molecule has 23 heavy (non-hydrogen) atoms. The van der Waals surface area contributed by atoms with Gasteiger partial charge in [-0.05, 0) is 30.7 Å². The Balaban J connectivity index is 2.26. The van der Waals surface area contributed by atoms with Gasteiger partial charge in [-0.15, -0.1) is 11.3 Å². The van der Waals surface area contributed by atoms with Gasteiger partial charge >= 0.3 is 5.97 Å². The Hall–Kier alpha value is -2.23. The summed E-state index contributed by atoms with van der Waals surface area (Å²) in [6.07, 6.45) is 0. The van der Waals surface area contributed by atoms with Crippen molar-refractivity contribution in [1.29, 1.82) is 0 Å². The second-order valence-corrected chi connectivity index (χ2v) is 7.37. The number of hydrogen-bond donors (Lipinski definition) is 2. The second-order valence-electron chi connectivity index (χ2n) is 4.67. The molecule has 0 unspecified atom stereocenters. The summed E-state index contributed by atoms with van der Waals surface area (Å²) in [4.78, 5) is 23.7. The van der Waals surface area contributed by atoms with Crippen LogP contribution in [-0.4, -0.2) is 27.4 Å². The van der Waals surface area contributed by atoms with Crippen molar-refractivity contribution in [3.63, 3.8) is 0 Å². The molecule has 0 saturated heterocycles. The largest absolute Gasteiger partial charge is 0.465 e. The summed E-state index contributed by atoms with van der Waals surface area (Å²) in [5.74, 6) is -1.02. The maximum absolute atomic E-state index is 12.2. The number of carbonyl (C=O) groups excluding carboxylic acids is 2. The minimum atomic E-state index is -3.84. The minimum Gasteiger partial charge on any atom is -0.465 e. The summed E-state index contributed by atoms with van der Waals surface area (Å²) in [7, 11) is -2.58. The van der Waals surface area contributed by atoms with E-state index in [-0.39, 0.29) is 9.77 Å². The number of nitrogens with two attached hydrogens (primary N) is 1. The number of benzene rings is 1. The lowest BCUT2D eigenvalue weighted by Gasteiger charge is -2.09. The number of amides is 1. The molecule has 1 aromatic heterocycles. The zero-order valence-electron chi connectivity index (χ0n) is 12.3. The molecular weight excluding hydrogens is 340 g/mol. The molecule has 7 nitrogen and oxygen atoms in total. The number of nitrogens with one attached hydrogen (secondary N) is 1. The smallest absolute Gasteiger partial charge is 0.337 e. The van der Waals surface area contributed by atoms with Gasteiger partial charge in [0.05, 0.1) is 18.2 Å². The van der Waals surface area contributed by atoms with E-state index >= 15 is 0 Å². The first-order valence-electron chi connectivity index (χ1n) is 6.34. The minimum absolute atomic E-state index is 0.0947. The third kappa shape index (κ3) is 3.95. The number of methoxy groups -OCH3 is 1. The van der Waals surface area contributed by atoms with Crippen molar-refractivity contribution in [2.45, 2.75) is 11.1 Å². The van der Waals surface area contributed by atoms with Crippen LogP contribution < -0.4 is 10.5 Å². The summed E-state index contributed by atoms with van der Waals surface area (Å²) in [6, 6.07) is 5.95. The lowest BCUT2D eigenvalue weighted by atomic mass is 10.1. The number of carbonyl (C=O) groups is 2. The lowest BCUT2D eigenvalue weighted by Crippen LogP contribution is -2.14. The molecule has 9 heteroatoms. The van der Waals surface area contributed by atoms with Crippen LogP contribution in [-0.2, 0) is 14.8 Å². The first-order valence-corrected chi connectivity index (χ1v) is 8.76. The molecule has 122 valence electrons. The van der Waals surface area contributed by atoms with Crippen LogP contribution >= 0.6 is 11.3 Å². The number of aryl methyl sites for hydroxylation is 1. The van der Waals surface area contributed by atoms with Crippen LogP contribution in [0.3, 0.4) is 0 Å². The Labute approximate surface area is 137 Å². The van der Waals surface area contributed by atoms with E-state index in [1.807, 2.05) is 0 Å². The molecule has 0 spiro atoms. The monoisotopic (exact) mass is 354 g/mol. The van der Waals surface area contributed by atoms with Crippen LogP contribution in [0.4, 0.5) is 5.69 Å². The van der Waals surface area contributed by atoms with Crippen molar-refractivity contribution in [2.75, 3.05) is 12.4 Å². The quantitative estimate of drug-likeness (QED) is 0.812. The summed E-state index contributed by atoms with van der Waals surface area (Å²) in [6.45, 7) is 1.76. The van der Waals surface area contributed by atoms with Gasteiger partial charge in [-0.25, -0.2) is 18.4 Å². The maximum Gasteiger partial charge on any atom is 0.337 e. The van der Waals surface area contributed by atoms with Crippen molar-refractivity contribution >= 4 is 38.9 Å². The van der Waals surface area contributed by atoms with Gasteiger partial charge in [0.1, 0.15) is 4.21 Å². The summed E-state index contributed by atoms with van der Waals surface area (Å²) in [5, 5.41) is 9.05. The van der Waals surface area contributed by atoms with Gasteiger partial charge in [0.25, 0.3) is 5.91 Å². The van der Waals surface area contributed by atoms with E-state index in [2.05, 4.69) is 10.1 Å². The zero-order valence-corrected chi connectivity index (χ0v) is 14.0. The summed E-state index contributed by atoms with van der Waals surface area (Å²) < 4.78 is 27.0. The van der Waals surface area contributed by atoms with Gasteiger partial charge < -0.3 is 10.1 Å². The molecule has 0 saturated carbocycles. The van der Waals surface area contributed by atoms with E-state index in [9.17, 15) is 18.0 Å². The SMILES string of the molecule is COC(=O)c1ccc(C)c(NC(=O)c2csc(S(N)(=O)=O)c2)c1. The number of primary sulfonamides is 1. The normalized spacial score (nSPS) is 11.1. The number of rotatable bonds is 4. The Morgan fingerprint density at radius 3 is 2.48 bits per heavy atom. The topological polar surface area (TPSA) is 116 Å². The molecule has 2 aromatic rings. The van der Waals surface area contributed by atoms with Crippen molar-refractivity contribution in [1.82, 2.24) is 0 Å². The predicted molar refractivity (Wildman–Crippen MR) is 86.2 cm³/mol. The number of anilines is 1. The average molecular weight is 354 g/mol. The molecule has 0 fully saturated rings. The van der Waals surface area contributed by atoms with Gasteiger partial charge in [-0.3, -0.25) is 4.79 Å². The Bertz CT molecular complexity index is 871. The Morgan fingerprint density at radius 1 is 1.22 bits per heavy atom. The Kier molecular flexibility index (Phi) is 4.83. The van der Waals surface area contributed by atoms with Gasteiger partial charge in [0.15, 0.2) is 0 Å². The highest BCUT2D eigenvalue weighted by molar-refractivity contribution is 7.91. The van der Waals surface area contributed by atoms with Crippen molar-refractivity contribution in [3.05, 3.63) is 46.3 Å². The van der Waals surface area contributed by atoms with Crippen LogP contribution in [0.25, 0.3) is 0 Å². The maximum atomic E-state index is 12.2. The van der Waals surface area contributed by atoms with E-state index in [4.69, 9.17) is 5.14 Å². The van der Waals surface area contributed by atoms with E-state index in [1.165, 1.54) is 24.6 Å². The zero-order chi connectivity index (χ0) is 17.2. The molecule has 0 aliphatic rings. The highest BCUT2D eigenvalue weighted by Gasteiger charge is 2.16. The van der Waals surface area contributed by atoms with Gasteiger partial charge in [0, 0.05) is 11.1 Å². The molecule has 1 heterocycles. The molecule has 0 aliphatic carbocycles. The van der Waals surface area contributed by atoms with Crippen LogP contribution in [0, 0.1) is 6.92 Å². The summed E-state index contributed by atoms with van der Waals surface area (Å²) >= 11 is 0.863. The van der Waals surface area contributed by atoms with Crippen LogP contribution in [0.2, 0.25) is 0 Å². The fraction of sp³-hybridized carbons (Fsp3) is 0.143. The van der Waals surface area contributed by atoms with Crippen LogP contribution in [0.15, 0.2) is 33.9 Å². The summed E-state index contributed by atoms with van der Waals surface area (Å²) in [5.41, 5.74) is 1.64. The van der Waals surface area contributed by atoms with Gasteiger partial charge in [0.2, 0.25) is 10.0 Å². The third-order valence-corrected chi connectivity index (χ3v) is 5.41.